The van der Waals surface area contributed by atoms with Crippen LogP contribution in [0.15, 0.2) is 12.7 Å². The normalized spacial score (nSPS) is 20.5. The van der Waals surface area contributed by atoms with Gasteiger partial charge in [0.1, 0.15) is 0 Å². The molecule has 2 amide bonds. The predicted molar refractivity (Wildman–Crippen MR) is 85.7 cm³/mol. The van der Waals surface area contributed by atoms with Gasteiger partial charge in [0.2, 0.25) is 11.8 Å². The average molecular weight is 322 g/mol. The molecule has 1 N–H and O–H groups in total. The number of hydrogen-bond acceptors (Lipinski definition) is 3. The number of carbonyl (C=O) groups excluding carboxylic acids is 2. The van der Waals surface area contributed by atoms with E-state index >= 15 is 0 Å². The molecule has 0 aromatic rings. The molecule has 0 aromatic carbocycles. The van der Waals surface area contributed by atoms with Crippen molar-refractivity contribution < 1.29 is 19.5 Å². The van der Waals surface area contributed by atoms with Gasteiger partial charge in [-0.1, -0.05) is 12.5 Å². The molecule has 2 rings (SSSR count). The molecule has 0 bridgehead atoms. The molecule has 0 atom stereocenters. The molecule has 0 aromatic heterocycles. The Morgan fingerprint density at radius 1 is 1.30 bits per heavy atom. The molecule has 2 fully saturated rings. The van der Waals surface area contributed by atoms with Crippen LogP contribution in [-0.2, 0) is 14.4 Å². The quantitative estimate of drug-likeness (QED) is 0.752. The van der Waals surface area contributed by atoms with Gasteiger partial charge in [-0.25, -0.2) is 0 Å². The zero-order valence-corrected chi connectivity index (χ0v) is 13.8. The van der Waals surface area contributed by atoms with Gasteiger partial charge in [0.05, 0.1) is 17.9 Å². The van der Waals surface area contributed by atoms with E-state index in [2.05, 4.69) is 6.58 Å². The number of aliphatic carboxylic acids is 1. The van der Waals surface area contributed by atoms with Crippen molar-refractivity contribution >= 4 is 17.8 Å². The van der Waals surface area contributed by atoms with Crippen LogP contribution in [0.4, 0.5) is 0 Å². The number of piperidine rings is 1. The Hall–Kier alpha value is -1.85. The highest BCUT2D eigenvalue weighted by molar-refractivity contribution is 5.88. The summed E-state index contributed by atoms with van der Waals surface area (Å²) in [5, 5.41) is 8.99. The van der Waals surface area contributed by atoms with Crippen LogP contribution in [-0.4, -0.2) is 59.4 Å². The fourth-order valence-corrected chi connectivity index (χ4v) is 3.54. The van der Waals surface area contributed by atoms with Crippen molar-refractivity contribution in [3.63, 3.8) is 0 Å². The van der Waals surface area contributed by atoms with Gasteiger partial charge < -0.3 is 14.9 Å². The van der Waals surface area contributed by atoms with E-state index in [9.17, 15) is 14.4 Å². The van der Waals surface area contributed by atoms with Crippen molar-refractivity contribution in [2.24, 2.45) is 11.3 Å². The lowest BCUT2D eigenvalue weighted by molar-refractivity contribution is -0.151. The highest BCUT2D eigenvalue weighted by Crippen LogP contribution is 2.45. The molecule has 1 saturated heterocycles. The fourth-order valence-electron chi connectivity index (χ4n) is 3.54. The Morgan fingerprint density at radius 2 is 1.91 bits per heavy atom. The van der Waals surface area contributed by atoms with Crippen LogP contribution in [0, 0.1) is 11.3 Å². The average Bonchev–Trinajstić information content (AvgIpc) is 2.50. The number of rotatable bonds is 6. The van der Waals surface area contributed by atoms with Crippen molar-refractivity contribution in [3.05, 3.63) is 12.7 Å². The molecule has 1 heterocycles. The molecule has 1 aliphatic heterocycles. The highest BCUT2D eigenvalue weighted by Gasteiger charge is 2.44. The molecule has 0 spiro atoms. The summed E-state index contributed by atoms with van der Waals surface area (Å²) < 4.78 is 0. The Bertz CT molecular complexity index is 491. The predicted octanol–water partition coefficient (Wildman–Crippen LogP) is 1.51. The van der Waals surface area contributed by atoms with E-state index in [4.69, 9.17) is 5.11 Å². The summed E-state index contributed by atoms with van der Waals surface area (Å²) >= 11 is 0. The third-order valence-corrected chi connectivity index (χ3v) is 5.22. The largest absolute Gasteiger partial charge is 0.481 e. The number of carbonyl (C=O) groups is 3. The molecule has 1 saturated carbocycles. The first-order valence-corrected chi connectivity index (χ1v) is 8.26. The first kappa shape index (κ1) is 17.5. The second kappa shape index (κ2) is 7.15. The van der Waals surface area contributed by atoms with Gasteiger partial charge in [-0.2, -0.15) is 0 Å². The van der Waals surface area contributed by atoms with Gasteiger partial charge in [-0.05, 0) is 32.1 Å². The minimum absolute atomic E-state index is 0.0254. The highest BCUT2D eigenvalue weighted by atomic mass is 16.4. The van der Waals surface area contributed by atoms with E-state index < -0.39 is 5.97 Å². The van der Waals surface area contributed by atoms with Crippen LogP contribution in [0.5, 0.6) is 0 Å². The van der Waals surface area contributed by atoms with Gasteiger partial charge in [0.25, 0.3) is 0 Å². The first-order chi connectivity index (χ1) is 10.9. The Labute approximate surface area is 137 Å². The Balaban J connectivity index is 1.86. The Kier molecular flexibility index (Phi) is 5.44. The molecule has 0 radical (unpaired) electrons. The van der Waals surface area contributed by atoms with Crippen molar-refractivity contribution in [2.45, 2.75) is 38.5 Å². The van der Waals surface area contributed by atoms with Gasteiger partial charge in [0, 0.05) is 20.1 Å². The second-order valence-corrected chi connectivity index (χ2v) is 6.78. The van der Waals surface area contributed by atoms with Gasteiger partial charge in [-0.3, -0.25) is 14.4 Å². The number of amides is 2. The molecule has 1 aliphatic carbocycles. The molecule has 2 aliphatic rings. The van der Waals surface area contributed by atoms with Gasteiger partial charge in [0.15, 0.2) is 0 Å². The van der Waals surface area contributed by atoms with Crippen LogP contribution >= 0.6 is 0 Å². The van der Waals surface area contributed by atoms with Crippen molar-refractivity contribution in [3.8, 4) is 0 Å². The minimum Gasteiger partial charge on any atom is -0.481 e. The third kappa shape index (κ3) is 3.74. The van der Waals surface area contributed by atoms with Crippen LogP contribution in [0.1, 0.15) is 38.5 Å². The van der Waals surface area contributed by atoms with E-state index in [-0.39, 0.29) is 29.7 Å². The van der Waals surface area contributed by atoms with Gasteiger partial charge in [-0.15, -0.1) is 6.58 Å². The number of carboxylic acid groups (broad SMARTS) is 1. The smallest absolute Gasteiger partial charge is 0.306 e. The standard InChI is InChI=1S/C17H26N2O4/c1-3-7-17(8-4-9-17)16(23)18(2)12-14(20)19-10-5-13(6-11-19)15(21)22/h3,13H,1,4-12H2,2H3,(H,21,22). The molecule has 128 valence electrons. The van der Waals surface area contributed by atoms with Crippen LogP contribution < -0.4 is 0 Å². The summed E-state index contributed by atoms with van der Waals surface area (Å²) in [7, 11) is 1.67. The lowest BCUT2D eigenvalue weighted by Crippen LogP contribution is -2.50. The maximum Gasteiger partial charge on any atom is 0.306 e. The number of nitrogens with zero attached hydrogens (tertiary/aromatic N) is 2. The lowest BCUT2D eigenvalue weighted by atomic mass is 9.65. The summed E-state index contributed by atoms with van der Waals surface area (Å²) in [6.07, 6.45) is 6.18. The van der Waals surface area contributed by atoms with Crippen molar-refractivity contribution in [2.75, 3.05) is 26.7 Å². The van der Waals surface area contributed by atoms with E-state index in [0.717, 1.165) is 19.3 Å². The number of likely N-dealkylation sites (N-methyl/N-ethyl adjacent to an activating group) is 1. The topological polar surface area (TPSA) is 77.9 Å². The third-order valence-electron chi connectivity index (χ3n) is 5.22. The van der Waals surface area contributed by atoms with Gasteiger partial charge >= 0.3 is 5.97 Å². The van der Waals surface area contributed by atoms with Crippen molar-refractivity contribution in [1.29, 1.82) is 0 Å². The van der Waals surface area contributed by atoms with E-state index in [1.807, 2.05) is 0 Å². The SMILES string of the molecule is C=CCC1(C(=O)N(C)CC(=O)N2CCC(C(=O)O)CC2)CCC1. The number of hydrogen-bond donors (Lipinski definition) is 1. The first-order valence-electron chi connectivity index (χ1n) is 8.26. The second-order valence-electron chi connectivity index (χ2n) is 6.78. The van der Waals surface area contributed by atoms with Crippen LogP contribution in [0.2, 0.25) is 0 Å². The molecule has 0 unspecified atom stereocenters. The van der Waals surface area contributed by atoms with Crippen LogP contribution in [0.3, 0.4) is 0 Å². The summed E-state index contributed by atoms with van der Waals surface area (Å²) in [4.78, 5) is 39.1. The molecular weight excluding hydrogens is 296 g/mol. The summed E-state index contributed by atoms with van der Waals surface area (Å²) in [5.74, 6) is -1.22. The number of likely N-dealkylation sites (tertiary alicyclic amines) is 1. The number of allylic oxidation sites excluding steroid dienone is 1. The maximum absolute atomic E-state index is 12.6. The van der Waals surface area contributed by atoms with E-state index in [1.54, 1.807) is 18.0 Å². The zero-order chi connectivity index (χ0) is 17.0. The maximum atomic E-state index is 12.6. The molecule has 23 heavy (non-hydrogen) atoms. The molecular formula is C17H26N2O4. The monoisotopic (exact) mass is 322 g/mol. The summed E-state index contributed by atoms with van der Waals surface area (Å²) in [6, 6.07) is 0. The molecule has 6 nitrogen and oxygen atoms in total. The fraction of sp³-hybridized carbons (Fsp3) is 0.706. The molecule has 6 heteroatoms. The minimum atomic E-state index is -0.791. The van der Waals surface area contributed by atoms with Crippen LogP contribution in [0.25, 0.3) is 0 Å². The van der Waals surface area contributed by atoms with Crippen molar-refractivity contribution in [1.82, 2.24) is 9.80 Å². The zero-order valence-electron chi connectivity index (χ0n) is 13.8. The van der Waals surface area contributed by atoms with E-state index in [1.165, 1.54) is 4.90 Å². The lowest BCUT2D eigenvalue weighted by Gasteiger charge is -2.42. The van der Waals surface area contributed by atoms with E-state index in [0.29, 0.717) is 32.4 Å². The number of carboxylic acids is 1. The summed E-state index contributed by atoms with van der Waals surface area (Å²) in [5.41, 5.74) is -0.354. The Morgan fingerprint density at radius 3 is 2.35 bits per heavy atom. The summed E-state index contributed by atoms with van der Waals surface area (Å²) in [6.45, 7) is 4.70.